The molecule has 164 valence electrons. The van der Waals surface area contributed by atoms with E-state index in [1.807, 2.05) is 41.2 Å². The molecule has 7 nitrogen and oxygen atoms in total. The maximum Gasteiger partial charge on any atom is 0.244 e. The average molecular weight is 422 g/mol. The summed E-state index contributed by atoms with van der Waals surface area (Å²) in [6, 6.07) is 10.0. The van der Waals surface area contributed by atoms with Crippen LogP contribution in [0.15, 0.2) is 48.8 Å². The maximum absolute atomic E-state index is 13.1. The van der Waals surface area contributed by atoms with Crippen LogP contribution in [-0.2, 0) is 16.6 Å². The number of hydrogen-bond donors (Lipinski definition) is 0. The number of nitrogens with zero attached hydrogens (tertiary/aromatic N) is 5. The van der Waals surface area contributed by atoms with E-state index in [1.54, 1.807) is 10.9 Å². The highest BCUT2D eigenvalue weighted by molar-refractivity contribution is 5.97. The minimum Gasteiger partial charge on any atom is -0.340 e. The summed E-state index contributed by atoms with van der Waals surface area (Å²) in [5.41, 5.74) is 2.02. The van der Waals surface area contributed by atoms with E-state index in [2.05, 4.69) is 34.3 Å². The highest BCUT2D eigenvalue weighted by atomic mass is 16.2. The molecule has 2 aromatic rings. The molecule has 4 rings (SSSR count). The zero-order valence-corrected chi connectivity index (χ0v) is 18.2. The lowest BCUT2D eigenvalue weighted by Gasteiger charge is -2.42. The number of carbonyl (C=O) groups excluding carboxylic acids is 2. The zero-order valence-electron chi connectivity index (χ0n) is 18.2. The molecule has 2 saturated heterocycles. The molecular formula is C24H31N5O2. The van der Waals surface area contributed by atoms with Gasteiger partial charge in [-0.3, -0.25) is 19.2 Å². The van der Waals surface area contributed by atoms with Crippen LogP contribution in [0.1, 0.15) is 31.2 Å². The van der Waals surface area contributed by atoms with E-state index < -0.39 is 0 Å². The molecule has 2 aliphatic rings. The van der Waals surface area contributed by atoms with Crippen LogP contribution in [0.3, 0.4) is 0 Å². The van der Waals surface area contributed by atoms with Crippen molar-refractivity contribution in [3.63, 3.8) is 0 Å². The Morgan fingerprint density at radius 3 is 2.61 bits per heavy atom. The summed E-state index contributed by atoms with van der Waals surface area (Å²) in [5.74, 6) is 0.356. The van der Waals surface area contributed by atoms with Gasteiger partial charge in [0, 0.05) is 52.4 Å². The van der Waals surface area contributed by atoms with Gasteiger partial charge < -0.3 is 9.80 Å². The predicted molar refractivity (Wildman–Crippen MR) is 121 cm³/mol. The molecular weight excluding hydrogens is 390 g/mol. The molecule has 3 heterocycles. The summed E-state index contributed by atoms with van der Waals surface area (Å²) in [4.78, 5) is 31.7. The van der Waals surface area contributed by atoms with Gasteiger partial charge in [0.25, 0.3) is 0 Å². The third-order valence-corrected chi connectivity index (χ3v) is 6.16. The Balaban J connectivity index is 1.24. The van der Waals surface area contributed by atoms with Gasteiger partial charge >= 0.3 is 0 Å². The summed E-state index contributed by atoms with van der Waals surface area (Å²) in [7, 11) is 1.86. The lowest BCUT2D eigenvalue weighted by Crippen LogP contribution is -2.58. The second-order valence-electron chi connectivity index (χ2n) is 8.29. The molecule has 1 atom stereocenters. The zero-order chi connectivity index (χ0) is 21.6. The van der Waals surface area contributed by atoms with E-state index >= 15 is 0 Å². The fourth-order valence-corrected chi connectivity index (χ4v) is 4.43. The Labute approximate surface area is 183 Å². The van der Waals surface area contributed by atoms with E-state index in [4.69, 9.17) is 0 Å². The molecule has 0 bridgehead atoms. The minimum absolute atomic E-state index is 0.0972. The number of rotatable bonds is 6. The van der Waals surface area contributed by atoms with Crippen molar-refractivity contribution in [2.24, 2.45) is 7.05 Å². The first-order chi connectivity index (χ1) is 15.1. The second kappa shape index (κ2) is 9.92. The van der Waals surface area contributed by atoms with E-state index in [9.17, 15) is 9.59 Å². The quantitative estimate of drug-likeness (QED) is 0.719. The molecule has 2 fully saturated rings. The van der Waals surface area contributed by atoms with Gasteiger partial charge in [-0.2, -0.15) is 5.10 Å². The van der Waals surface area contributed by atoms with Crippen LogP contribution < -0.4 is 4.90 Å². The van der Waals surface area contributed by atoms with Gasteiger partial charge in [0.1, 0.15) is 0 Å². The van der Waals surface area contributed by atoms with Crippen molar-refractivity contribution in [2.45, 2.75) is 31.7 Å². The largest absolute Gasteiger partial charge is 0.340 e. The molecule has 0 spiro atoms. The topological polar surface area (TPSA) is 61.7 Å². The molecule has 0 radical (unpaired) electrons. The summed E-state index contributed by atoms with van der Waals surface area (Å²) in [6.07, 6.45) is 10.9. The van der Waals surface area contributed by atoms with Crippen LogP contribution in [0.2, 0.25) is 0 Å². The normalized spacial score (nSPS) is 20.5. The SMILES string of the molecule is Cn1cc(N2CCCC(N3CCN(C(=O)CCC=Cc4ccccc4)CC3)C2=O)cn1. The number of benzene rings is 1. The Morgan fingerprint density at radius 1 is 1.13 bits per heavy atom. The third kappa shape index (κ3) is 5.22. The minimum atomic E-state index is -0.0972. The fourth-order valence-electron chi connectivity index (χ4n) is 4.43. The van der Waals surface area contributed by atoms with E-state index in [-0.39, 0.29) is 17.9 Å². The number of aromatic nitrogens is 2. The Morgan fingerprint density at radius 2 is 1.90 bits per heavy atom. The van der Waals surface area contributed by atoms with Crippen molar-refractivity contribution in [3.05, 3.63) is 54.4 Å². The summed E-state index contributed by atoms with van der Waals surface area (Å²) >= 11 is 0. The number of piperidine rings is 1. The highest BCUT2D eigenvalue weighted by Gasteiger charge is 2.36. The average Bonchev–Trinajstić information content (AvgIpc) is 3.23. The van der Waals surface area contributed by atoms with Gasteiger partial charge in [-0.25, -0.2) is 0 Å². The first-order valence-corrected chi connectivity index (χ1v) is 11.2. The van der Waals surface area contributed by atoms with Crippen LogP contribution in [0, 0.1) is 0 Å². The highest BCUT2D eigenvalue weighted by Crippen LogP contribution is 2.24. The van der Waals surface area contributed by atoms with Crippen molar-refractivity contribution in [1.82, 2.24) is 19.6 Å². The fraction of sp³-hybridized carbons (Fsp3) is 0.458. The van der Waals surface area contributed by atoms with Gasteiger partial charge in [-0.1, -0.05) is 42.5 Å². The maximum atomic E-state index is 13.1. The standard InChI is InChI=1S/C24H31N5O2/c1-26-19-21(18-25-26)29-13-7-11-22(24(29)31)27-14-16-28(17-15-27)23(30)12-6-5-10-20-8-3-2-4-9-20/h2-5,8-10,18-19,22H,6-7,11-17H2,1H3. The van der Waals surface area contributed by atoms with Crippen LogP contribution >= 0.6 is 0 Å². The molecule has 31 heavy (non-hydrogen) atoms. The van der Waals surface area contributed by atoms with E-state index in [0.717, 1.165) is 50.1 Å². The molecule has 7 heteroatoms. The van der Waals surface area contributed by atoms with Gasteiger partial charge in [-0.15, -0.1) is 0 Å². The van der Waals surface area contributed by atoms with Crippen LogP contribution in [-0.4, -0.2) is 70.2 Å². The van der Waals surface area contributed by atoms with E-state index in [1.165, 1.54) is 0 Å². The van der Waals surface area contributed by atoms with Crippen LogP contribution in [0.4, 0.5) is 5.69 Å². The molecule has 0 saturated carbocycles. The molecule has 1 unspecified atom stereocenters. The Kier molecular flexibility index (Phi) is 6.82. The first-order valence-electron chi connectivity index (χ1n) is 11.2. The number of carbonyl (C=O) groups is 2. The predicted octanol–water partition coefficient (Wildman–Crippen LogP) is 2.55. The molecule has 0 aliphatic carbocycles. The Hall–Kier alpha value is -2.93. The molecule has 0 N–H and O–H groups in total. The Bertz CT molecular complexity index is 915. The smallest absolute Gasteiger partial charge is 0.244 e. The lowest BCUT2D eigenvalue weighted by atomic mass is 10.0. The summed E-state index contributed by atoms with van der Waals surface area (Å²) in [6.45, 7) is 3.64. The van der Waals surface area contributed by atoms with Crippen molar-refractivity contribution < 1.29 is 9.59 Å². The van der Waals surface area contributed by atoms with Crippen molar-refractivity contribution in [2.75, 3.05) is 37.6 Å². The number of anilines is 1. The summed E-state index contributed by atoms with van der Waals surface area (Å²) < 4.78 is 1.73. The molecule has 1 aromatic carbocycles. The number of allylic oxidation sites excluding steroid dienone is 1. The number of piperazine rings is 1. The first kappa shape index (κ1) is 21.3. The van der Waals surface area contributed by atoms with Gasteiger partial charge in [-0.05, 0) is 24.8 Å². The lowest BCUT2D eigenvalue weighted by molar-refractivity contribution is -0.134. The van der Waals surface area contributed by atoms with Crippen LogP contribution in [0.25, 0.3) is 6.08 Å². The third-order valence-electron chi connectivity index (χ3n) is 6.16. The number of hydrogen-bond acceptors (Lipinski definition) is 4. The van der Waals surface area contributed by atoms with Crippen LogP contribution in [0.5, 0.6) is 0 Å². The molecule has 1 aromatic heterocycles. The van der Waals surface area contributed by atoms with Crippen molar-refractivity contribution in [1.29, 1.82) is 0 Å². The molecule has 2 aliphatic heterocycles. The number of aryl methyl sites for hydroxylation is 1. The second-order valence-corrected chi connectivity index (χ2v) is 8.29. The number of amides is 2. The van der Waals surface area contributed by atoms with E-state index in [0.29, 0.717) is 19.5 Å². The van der Waals surface area contributed by atoms with Gasteiger partial charge in [0.2, 0.25) is 11.8 Å². The summed E-state index contributed by atoms with van der Waals surface area (Å²) in [5, 5.41) is 4.20. The monoisotopic (exact) mass is 421 g/mol. The van der Waals surface area contributed by atoms with Crippen molar-refractivity contribution >= 4 is 23.6 Å². The molecule has 2 amide bonds. The van der Waals surface area contributed by atoms with Gasteiger partial charge in [0.15, 0.2) is 0 Å². The van der Waals surface area contributed by atoms with Gasteiger partial charge in [0.05, 0.1) is 17.9 Å². The van der Waals surface area contributed by atoms with Crippen molar-refractivity contribution in [3.8, 4) is 0 Å².